The van der Waals surface area contributed by atoms with E-state index in [2.05, 4.69) is 222 Å². The fourth-order valence-corrected chi connectivity index (χ4v) is 15.7. The number of nitrogens with zero attached hydrogens (tertiary/aromatic N) is 2. The number of rotatable bonds is 2. The lowest BCUT2D eigenvalue weighted by atomic mass is 9.41. The molecule has 0 saturated heterocycles. The van der Waals surface area contributed by atoms with Gasteiger partial charge in [-0.2, -0.15) is 0 Å². The molecule has 3 aliphatic heterocycles. The van der Waals surface area contributed by atoms with E-state index in [1.54, 1.807) is 5.56 Å². The van der Waals surface area contributed by atoms with E-state index >= 15 is 0 Å². The molecule has 0 bridgehead atoms. The van der Waals surface area contributed by atoms with Gasteiger partial charge >= 0.3 is 6.85 Å². The van der Waals surface area contributed by atoms with Crippen LogP contribution in [0.5, 0.6) is 0 Å². The van der Waals surface area contributed by atoms with Crippen LogP contribution >= 0.6 is 0 Å². The third-order valence-electron chi connectivity index (χ3n) is 20.3. The van der Waals surface area contributed by atoms with Gasteiger partial charge in [0, 0.05) is 61.4 Å². The van der Waals surface area contributed by atoms with Crippen LogP contribution < -0.4 is 20.6 Å². The lowest BCUT2D eigenvalue weighted by Gasteiger charge is -2.55. The highest BCUT2D eigenvalue weighted by atomic mass is 16.3. The summed E-state index contributed by atoms with van der Waals surface area (Å²) in [7, 11) is 0. The molecule has 3 aliphatic carbocycles. The number of hydrogen-bond acceptors (Lipinski definition) is 3. The van der Waals surface area contributed by atoms with Crippen molar-refractivity contribution >= 4 is 62.5 Å². The molecule has 0 N–H and O–H groups in total. The Bertz CT molecular complexity index is 3740. The van der Waals surface area contributed by atoms with Gasteiger partial charge in [-0.1, -0.05) is 176 Å². The molecule has 14 rings (SSSR count). The fraction of sp³-hybridized carbons (Fsp3) is 0.391. The summed E-state index contributed by atoms with van der Waals surface area (Å²) in [6.45, 7) is 34.4. The van der Waals surface area contributed by atoms with Crippen LogP contribution in [0.1, 0.15) is 174 Å². The summed E-state index contributed by atoms with van der Waals surface area (Å²) in [6, 6.07) is 45.9. The molecule has 0 spiro atoms. The lowest BCUT2D eigenvalue weighted by molar-refractivity contribution is 0.199. The molecule has 2 unspecified atom stereocenters. The van der Waals surface area contributed by atoms with Crippen LogP contribution in [0, 0.1) is 0 Å². The second kappa shape index (κ2) is 14.2. The molecular weight excluding hydrogens is 884 g/mol. The number of fused-ring (bicyclic) bond motifs is 15. The number of anilines is 4. The van der Waals surface area contributed by atoms with Crippen molar-refractivity contribution in [3.63, 3.8) is 0 Å². The predicted molar refractivity (Wildman–Crippen MR) is 311 cm³/mol. The van der Waals surface area contributed by atoms with Crippen LogP contribution in [0.2, 0.25) is 0 Å². The lowest BCUT2D eigenvalue weighted by Crippen LogP contribution is -2.71. The number of hydrogen-bond donors (Lipinski definition) is 0. The smallest absolute Gasteiger partial charge is 0.328 e. The zero-order valence-corrected chi connectivity index (χ0v) is 46.1. The maximum Gasteiger partial charge on any atom is 0.328 e. The average Bonchev–Trinajstić information content (AvgIpc) is 3.89. The normalized spacial score (nSPS) is 22.4. The first-order valence-electron chi connectivity index (χ1n) is 27.8. The van der Waals surface area contributed by atoms with Gasteiger partial charge in [0.1, 0.15) is 11.2 Å². The molecule has 1 saturated carbocycles. The van der Waals surface area contributed by atoms with Crippen molar-refractivity contribution in [3.8, 4) is 33.4 Å². The van der Waals surface area contributed by atoms with Gasteiger partial charge in [-0.25, -0.2) is 0 Å². The van der Waals surface area contributed by atoms with Crippen molar-refractivity contribution in [1.29, 1.82) is 0 Å². The molecule has 7 aromatic carbocycles. The van der Waals surface area contributed by atoms with Gasteiger partial charge < -0.3 is 14.1 Å². The SMILES string of the molecule is CC(C)(C)c1ccc(N2c3cc4oc5cc6c(cc5c4cc3B3c4c2cc2c(c4-c4cc(C(C)(C)C)cc5c4N3C3(C)CCCCC53C)C(C)(C)c3ccccc3-2)C(C)(C)CCC6(C)C)c(-c2ccccc2)c1. The van der Waals surface area contributed by atoms with E-state index in [1.165, 1.54) is 143 Å². The van der Waals surface area contributed by atoms with Crippen molar-refractivity contribution in [2.75, 3.05) is 9.71 Å². The maximum absolute atomic E-state index is 7.30. The summed E-state index contributed by atoms with van der Waals surface area (Å²) in [5.41, 5.74) is 27.9. The van der Waals surface area contributed by atoms with Crippen molar-refractivity contribution in [2.45, 2.75) is 173 Å². The highest BCUT2D eigenvalue weighted by molar-refractivity contribution is 6.93. The van der Waals surface area contributed by atoms with Crippen molar-refractivity contribution in [3.05, 3.63) is 154 Å². The Kier molecular flexibility index (Phi) is 8.89. The molecule has 0 amide bonds. The molecule has 6 aliphatic rings. The van der Waals surface area contributed by atoms with E-state index in [1.807, 2.05) is 0 Å². The molecule has 2 atom stereocenters. The summed E-state index contributed by atoms with van der Waals surface area (Å²) >= 11 is 0. The predicted octanol–water partition coefficient (Wildman–Crippen LogP) is 17.5. The van der Waals surface area contributed by atoms with Gasteiger partial charge in [0.05, 0.1) is 5.69 Å². The second-order valence-corrected chi connectivity index (χ2v) is 27.9. The average molecular weight is 957 g/mol. The Hall–Kier alpha value is -6.00. The molecule has 3 nitrogen and oxygen atoms in total. The Morgan fingerprint density at radius 1 is 0.507 bits per heavy atom. The van der Waals surface area contributed by atoms with E-state index < -0.39 is 0 Å². The Labute approximate surface area is 435 Å². The van der Waals surface area contributed by atoms with Crippen LogP contribution in [-0.2, 0) is 32.5 Å². The Morgan fingerprint density at radius 2 is 1.15 bits per heavy atom. The van der Waals surface area contributed by atoms with E-state index in [4.69, 9.17) is 4.42 Å². The van der Waals surface area contributed by atoms with Crippen LogP contribution in [-0.4, -0.2) is 12.4 Å². The first kappa shape index (κ1) is 45.6. The molecule has 1 aromatic heterocycles. The van der Waals surface area contributed by atoms with Gasteiger partial charge in [0.15, 0.2) is 0 Å². The van der Waals surface area contributed by atoms with Gasteiger partial charge in [-0.05, 0) is 163 Å². The van der Waals surface area contributed by atoms with Crippen molar-refractivity contribution in [1.82, 2.24) is 0 Å². The molecule has 73 heavy (non-hydrogen) atoms. The highest BCUT2D eigenvalue weighted by Gasteiger charge is 2.64. The van der Waals surface area contributed by atoms with E-state index in [9.17, 15) is 0 Å². The van der Waals surface area contributed by atoms with E-state index in [0.717, 1.165) is 17.6 Å². The topological polar surface area (TPSA) is 19.6 Å². The second-order valence-electron chi connectivity index (χ2n) is 27.9. The van der Waals surface area contributed by atoms with Crippen LogP contribution in [0.4, 0.5) is 22.7 Å². The van der Waals surface area contributed by atoms with Gasteiger partial charge in [0.2, 0.25) is 0 Å². The fourth-order valence-electron chi connectivity index (χ4n) is 15.7. The minimum atomic E-state index is -0.230. The van der Waals surface area contributed by atoms with Gasteiger partial charge in [0.25, 0.3) is 0 Å². The van der Waals surface area contributed by atoms with E-state index in [0.29, 0.717) is 0 Å². The standard InChI is InChI=1S/C69H73BN2O/c1-63(2,3)41-26-27-54(44(32-41)40-22-16-15-17-23-40)71-55-39-58-46(45-35-50-51(38-57(45)73-58)66(9,10)31-30-65(50,7)8)36-53(55)70-61-56(71)37-47-43-24-18-19-25-49(43)67(11,12)60(47)59(61)48-33-42(64(4,5)6)34-52-62(48)72(70)69(14)29-21-20-28-68(52,69)13/h15-19,22-27,32-39H,20-21,28-31H2,1-14H3. The summed E-state index contributed by atoms with van der Waals surface area (Å²) in [6.07, 6.45) is 7.18. The summed E-state index contributed by atoms with van der Waals surface area (Å²) in [4.78, 5) is 5.74. The van der Waals surface area contributed by atoms with E-state index in [-0.39, 0.29) is 44.9 Å². The van der Waals surface area contributed by atoms with Crippen molar-refractivity contribution in [2.24, 2.45) is 0 Å². The molecule has 4 heterocycles. The third kappa shape index (κ3) is 5.85. The van der Waals surface area contributed by atoms with Crippen molar-refractivity contribution < 1.29 is 4.42 Å². The first-order chi connectivity index (χ1) is 34.4. The summed E-state index contributed by atoms with van der Waals surface area (Å²) < 4.78 is 7.30. The van der Waals surface area contributed by atoms with Gasteiger partial charge in [-0.3, -0.25) is 0 Å². The molecule has 368 valence electrons. The molecule has 1 fully saturated rings. The zero-order valence-electron chi connectivity index (χ0n) is 46.1. The minimum absolute atomic E-state index is 0.0332. The van der Waals surface area contributed by atoms with Gasteiger partial charge in [-0.15, -0.1) is 0 Å². The number of furan rings is 1. The minimum Gasteiger partial charge on any atom is -0.456 e. The zero-order chi connectivity index (χ0) is 50.9. The third-order valence-corrected chi connectivity index (χ3v) is 20.3. The summed E-state index contributed by atoms with van der Waals surface area (Å²) in [5.74, 6) is 0. The summed E-state index contributed by atoms with van der Waals surface area (Å²) in [5, 5.41) is 2.47. The number of benzene rings is 7. The molecule has 4 heteroatoms. The highest BCUT2D eigenvalue weighted by Crippen LogP contribution is 2.66. The molecular formula is C69H73BN2O. The van der Waals surface area contributed by atoms with Crippen LogP contribution in [0.15, 0.2) is 120 Å². The molecule has 0 radical (unpaired) electrons. The van der Waals surface area contributed by atoms with Crippen LogP contribution in [0.25, 0.3) is 55.3 Å². The first-order valence-corrected chi connectivity index (χ1v) is 27.8. The Morgan fingerprint density at radius 3 is 1.88 bits per heavy atom. The maximum atomic E-state index is 7.30. The largest absolute Gasteiger partial charge is 0.456 e. The quantitative estimate of drug-likeness (QED) is 0.161. The monoisotopic (exact) mass is 957 g/mol. The Balaban J connectivity index is 1.18. The van der Waals surface area contributed by atoms with Crippen LogP contribution in [0.3, 0.4) is 0 Å². The molecule has 8 aromatic rings.